The SMILES string of the molecule is C[C@@H](NC(c1cccs1)c1nccn1C)c1ccco1. The molecule has 0 amide bonds. The summed E-state index contributed by atoms with van der Waals surface area (Å²) in [4.78, 5) is 5.73. The third-order valence-electron chi connectivity index (χ3n) is 3.33. The van der Waals surface area contributed by atoms with Gasteiger partial charge in [-0.15, -0.1) is 11.3 Å². The number of hydrogen-bond acceptors (Lipinski definition) is 4. The number of rotatable bonds is 5. The zero-order chi connectivity index (χ0) is 13.9. The second-order valence-corrected chi connectivity index (χ2v) is 5.73. The van der Waals surface area contributed by atoms with Crippen LogP contribution in [-0.4, -0.2) is 9.55 Å². The number of furan rings is 1. The molecule has 0 aromatic carbocycles. The van der Waals surface area contributed by atoms with Gasteiger partial charge in [0.15, 0.2) is 0 Å². The molecule has 0 saturated carbocycles. The van der Waals surface area contributed by atoms with Crippen molar-refractivity contribution < 1.29 is 4.42 Å². The van der Waals surface area contributed by atoms with Crippen LogP contribution in [0.5, 0.6) is 0 Å². The number of aromatic nitrogens is 2. The zero-order valence-electron chi connectivity index (χ0n) is 11.5. The molecular formula is C15H17N3OS. The van der Waals surface area contributed by atoms with Crippen molar-refractivity contribution in [1.29, 1.82) is 0 Å². The molecule has 0 aliphatic heterocycles. The monoisotopic (exact) mass is 287 g/mol. The Morgan fingerprint density at radius 1 is 1.35 bits per heavy atom. The summed E-state index contributed by atoms with van der Waals surface area (Å²) < 4.78 is 7.52. The van der Waals surface area contributed by atoms with Crippen molar-refractivity contribution in [2.75, 3.05) is 0 Å². The molecule has 20 heavy (non-hydrogen) atoms. The maximum Gasteiger partial charge on any atom is 0.131 e. The third-order valence-corrected chi connectivity index (χ3v) is 4.27. The molecule has 1 N–H and O–H groups in total. The fourth-order valence-corrected chi connectivity index (χ4v) is 3.05. The van der Waals surface area contributed by atoms with Gasteiger partial charge in [0.2, 0.25) is 0 Å². The summed E-state index contributed by atoms with van der Waals surface area (Å²) in [5.41, 5.74) is 0. The predicted molar refractivity (Wildman–Crippen MR) is 79.6 cm³/mol. The van der Waals surface area contributed by atoms with E-state index in [1.54, 1.807) is 17.6 Å². The summed E-state index contributed by atoms with van der Waals surface area (Å²) in [6.07, 6.45) is 5.50. The number of aryl methyl sites for hydroxylation is 1. The lowest BCUT2D eigenvalue weighted by atomic mass is 10.1. The highest BCUT2D eigenvalue weighted by Crippen LogP contribution is 2.28. The van der Waals surface area contributed by atoms with Crippen LogP contribution in [0.1, 0.15) is 35.5 Å². The summed E-state index contributed by atoms with van der Waals surface area (Å²) >= 11 is 1.73. The second kappa shape index (κ2) is 5.64. The van der Waals surface area contributed by atoms with Crippen LogP contribution in [0, 0.1) is 0 Å². The second-order valence-electron chi connectivity index (χ2n) is 4.75. The lowest BCUT2D eigenvalue weighted by Gasteiger charge is -2.21. The minimum Gasteiger partial charge on any atom is -0.468 e. The first-order valence-corrected chi connectivity index (χ1v) is 7.43. The molecule has 3 rings (SSSR count). The first-order valence-electron chi connectivity index (χ1n) is 6.56. The van der Waals surface area contributed by atoms with E-state index >= 15 is 0 Å². The van der Waals surface area contributed by atoms with E-state index in [4.69, 9.17) is 4.42 Å². The molecule has 1 unspecified atom stereocenters. The number of nitrogens with zero attached hydrogens (tertiary/aromatic N) is 2. The first-order chi connectivity index (χ1) is 9.75. The highest BCUT2D eigenvalue weighted by atomic mass is 32.1. The molecular weight excluding hydrogens is 270 g/mol. The van der Waals surface area contributed by atoms with Crippen molar-refractivity contribution >= 4 is 11.3 Å². The van der Waals surface area contributed by atoms with Gasteiger partial charge in [-0.2, -0.15) is 0 Å². The predicted octanol–water partition coefficient (Wildman–Crippen LogP) is 3.51. The number of imidazole rings is 1. The molecule has 3 aromatic rings. The van der Waals surface area contributed by atoms with E-state index in [1.165, 1.54) is 4.88 Å². The Balaban J connectivity index is 1.89. The van der Waals surface area contributed by atoms with Crippen LogP contribution < -0.4 is 5.32 Å². The van der Waals surface area contributed by atoms with Crippen LogP contribution in [-0.2, 0) is 7.05 Å². The van der Waals surface area contributed by atoms with Gasteiger partial charge < -0.3 is 8.98 Å². The summed E-state index contributed by atoms with van der Waals surface area (Å²) in [6, 6.07) is 8.28. The Morgan fingerprint density at radius 3 is 2.85 bits per heavy atom. The molecule has 0 aliphatic rings. The van der Waals surface area contributed by atoms with Crippen molar-refractivity contribution in [2.24, 2.45) is 7.05 Å². The van der Waals surface area contributed by atoms with Crippen LogP contribution in [0.4, 0.5) is 0 Å². The lowest BCUT2D eigenvalue weighted by Crippen LogP contribution is -2.27. The van der Waals surface area contributed by atoms with Crippen LogP contribution in [0.25, 0.3) is 0 Å². The summed E-state index contributed by atoms with van der Waals surface area (Å²) in [7, 11) is 2.02. The van der Waals surface area contributed by atoms with Gasteiger partial charge in [-0.1, -0.05) is 6.07 Å². The summed E-state index contributed by atoms with van der Waals surface area (Å²) in [5, 5.41) is 5.69. The smallest absolute Gasteiger partial charge is 0.131 e. The molecule has 2 atom stereocenters. The Kier molecular flexibility index (Phi) is 3.71. The summed E-state index contributed by atoms with van der Waals surface area (Å²) in [5.74, 6) is 1.94. The highest BCUT2D eigenvalue weighted by molar-refractivity contribution is 7.10. The van der Waals surface area contributed by atoms with E-state index in [2.05, 4.69) is 34.7 Å². The zero-order valence-corrected chi connectivity index (χ0v) is 12.3. The van der Waals surface area contributed by atoms with E-state index < -0.39 is 0 Å². The van der Waals surface area contributed by atoms with E-state index in [-0.39, 0.29) is 12.1 Å². The third kappa shape index (κ3) is 2.55. The van der Waals surface area contributed by atoms with E-state index in [0.717, 1.165) is 11.6 Å². The first kappa shape index (κ1) is 13.1. The number of hydrogen-bond donors (Lipinski definition) is 1. The Morgan fingerprint density at radius 2 is 2.25 bits per heavy atom. The van der Waals surface area contributed by atoms with E-state index in [0.29, 0.717) is 0 Å². The Labute approximate surface area is 122 Å². The minimum atomic E-state index is 0.0649. The molecule has 0 spiro atoms. The average molecular weight is 287 g/mol. The van der Waals surface area contributed by atoms with Gasteiger partial charge >= 0.3 is 0 Å². The number of nitrogens with one attached hydrogen (secondary N) is 1. The highest BCUT2D eigenvalue weighted by Gasteiger charge is 2.22. The van der Waals surface area contributed by atoms with Crippen LogP contribution in [0.15, 0.2) is 52.7 Å². The fraction of sp³-hybridized carbons (Fsp3) is 0.267. The van der Waals surface area contributed by atoms with E-state index in [1.807, 2.05) is 36.1 Å². The van der Waals surface area contributed by atoms with Gasteiger partial charge in [0, 0.05) is 24.3 Å². The minimum absolute atomic E-state index is 0.0649. The van der Waals surface area contributed by atoms with Crippen molar-refractivity contribution in [3.05, 3.63) is 64.8 Å². The van der Waals surface area contributed by atoms with Gasteiger partial charge in [0.1, 0.15) is 17.6 Å². The molecule has 0 radical (unpaired) electrons. The van der Waals surface area contributed by atoms with E-state index in [9.17, 15) is 0 Å². The van der Waals surface area contributed by atoms with Crippen molar-refractivity contribution in [3.8, 4) is 0 Å². The quantitative estimate of drug-likeness (QED) is 0.781. The number of thiophene rings is 1. The van der Waals surface area contributed by atoms with Crippen LogP contribution in [0.3, 0.4) is 0 Å². The van der Waals surface area contributed by atoms with Crippen molar-refractivity contribution in [3.63, 3.8) is 0 Å². The van der Waals surface area contributed by atoms with Gasteiger partial charge in [0.05, 0.1) is 12.3 Å². The molecule has 4 nitrogen and oxygen atoms in total. The maximum absolute atomic E-state index is 5.47. The molecule has 3 aromatic heterocycles. The van der Waals surface area contributed by atoms with Crippen LogP contribution >= 0.6 is 11.3 Å². The van der Waals surface area contributed by atoms with Gasteiger partial charge in [-0.05, 0) is 30.5 Å². The van der Waals surface area contributed by atoms with Gasteiger partial charge in [0.25, 0.3) is 0 Å². The maximum atomic E-state index is 5.47. The molecule has 3 heterocycles. The van der Waals surface area contributed by atoms with Crippen molar-refractivity contribution in [2.45, 2.75) is 19.0 Å². The molecule has 5 heteroatoms. The largest absolute Gasteiger partial charge is 0.468 e. The molecule has 104 valence electrons. The molecule has 0 aliphatic carbocycles. The molecule has 0 bridgehead atoms. The standard InChI is InChI=1S/C15H17N3OS/c1-11(12-5-3-9-19-12)17-14(13-6-4-10-20-13)15-16-7-8-18(15)2/h3-11,14,17H,1-2H3/t11-,14?/m1/s1. The average Bonchev–Trinajstić information content (AvgIpc) is 3.18. The normalized spacial score (nSPS) is 14.3. The fourth-order valence-electron chi connectivity index (χ4n) is 2.26. The Hall–Kier alpha value is -1.85. The molecule has 0 saturated heterocycles. The van der Waals surface area contributed by atoms with Crippen molar-refractivity contribution in [1.82, 2.24) is 14.9 Å². The van der Waals surface area contributed by atoms with Gasteiger partial charge in [-0.3, -0.25) is 5.32 Å². The topological polar surface area (TPSA) is 43.0 Å². The Bertz CT molecular complexity index is 643. The van der Waals surface area contributed by atoms with Gasteiger partial charge in [-0.25, -0.2) is 4.98 Å². The lowest BCUT2D eigenvalue weighted by molar-refractivity contribution is 0.405. The molecule has 0 fully saturated rings. The summed E-state index contributed by atoms with van der Waals surface area (Å²) in [6.45, 7) is 2.10. The van der Waals surface area contributed by atoms with Crippen LogP contribution in [0.2, 0.25) is 0 Å².